The molecule has 3 aromatic rings. The minimum Gasteiger partial charge on any atom is -0.355 e. The quantitative estimate of drug-likeness (QED) is 0.708. The van der Waals surface area contributed by atoms with E-state index in [1.807, 2.05) is 47.0 Å². The van der Waals surface area contributed by atoms with Crippen molar-refractivity contribution in [3.63, 3.8) is 0 Å². The van der Waals surface area contributed by atoms with E-state index in [4.69, 9.17) is 0 Å². The molecule has 0 aliphatic rings. The maximum absolute atomic E-state index is 12.0. The van der Waals surface area contributed by atoms with Crippen molar-refractivity contribution in [1.29, 1.82) is 0 Å². The Morgan fingerprint density at radius 3 is 2.78 bits per heavy atom. The van der Waals surface area contributed by atoms with Gasteiger partial charge in [-0.2, -0.15) is 0 Å². The average Bonchev–Trinajstić information content (AvgIpc) is 3.02. The van der Waals surface area contributed by atoms with E-state index < -0.39 is 0 Å². The SMILES string of the molecule is C[C@H](CNC(=O)CSc1nnc2ccccn12)c1ccccc1. The average molecular weight is 326 g/mol. The van der Waals surface area contributed by atoms with Gasteiger partial charge in [-0.3, -0.25) is 9.20 Å². The van der Waals surface area contributed by atoms with Gasteiger partial charge in [0.05, 0.1) is 5.75 Å². The fraction of sp³-hybridized carbons (Fsp3) is 0.235. The fourth-order valence-corrected chi connectivity index (χ4v) is 3.02. The van der Waals surface area contributed by atoms with Crippen LogP contribution in [0.1, 0.15) is 18.4 Å². The predicted octanol–water partition coefficient (Wildman–Crippen LogP) is 2.74. The number of thioether (sulfide) groups is 1. The van der Waals surface area contributed by atoms with Crippen LogP contribution in [0.5, 0.6) is 0 Å². The summed E-state index contributed by atoms with van der Waals surface area (Å²) in [4.78, 5) is 12.0. The van der Waals surface area contributed by atoms with Crippen LogP contribution in [0.4, 0.5) is 0 Å². The zero-order chi connectivity index (χ0) is 16.1. The second-order valence-corrected chi connectivity index (χ2v) is 6.26. The molecule has 3 rings (SSSR count). The second-order valence-electron chi connectivity index (χ2n) is 5.32. The number of hydrogen-bond donors (Lipinski definition) is 1. The molecule has 1 amide bonds. The Hall–Kier alpha value is -2.34. The highest BCUT2D eigenvalue weighted by molar-refractivity contribution is 7.99. The molecule has 1 aromatic carbocycles. The Morgan fingerprint density at radius 1 is 1.17 bits per heavy atom. The number of rotatable bonds is 6. The van der Waals surface area contributed by atoms with Crippen molar-refractivity contribution in [2.75, 3.05) is 12.3 Å². The van der Waals surface area contributed by atoms with Crippen LogP contribution in [-0.2, 0) is 4.79 Å². The van der Waals surface area contributed by atoms with Gasteiger partial charge in [0.25, 0.3) is 0 Å². The molecule has 0 bridgehead atoms. The van der Waals surface area contributed by atoms with Gasteiger partial charge in [-0.25, -0.2) is 0 Å². The summed E-state index contributed by atoms with van der Waals surface area (Å²) in [7, 11) is 0. The van der Waals surface area contributed by atoms with Crippen LogP contribution in [0.25, 0.3) is 5.65 Å². The molecular weight excluding hydrogens is 308 g/mol. The normalized spacial score (nSPS) is 12.2. The van der Waals surface area contributed by atoms with Gasteiger partial charge in [0, 0.05) is 12.7 Å². The molecule has 2 aromatic heterocycles. The highest BCUT2D eigenvalue weighted by atomic mass is 32.2. The number of amides is 1. The molecule has 0 radical (unpaired) electrons. The minimum atomic E-state index is 0.00506. The molecule has 0 spiro atoms. The summed E-state index contributed by atoms with van der Waals surface area (Å²) in [6.07, 6.45) is 1.90. The lowest BCUT2D eigenvalue weighted by molar-refractivity contribution is -0.118. The number of aromatic nitrogens is 3. The first-order valence-corrected chi connectivity index (χ1v) is 8.47. The van der Waals surface area contributed by atoms with Crippen LogP contribution in [0.2, 0.25) is 0 Å². The molecular formula is C17H18N4OS. The zero-order valence-corrected chi connectivity index (χ0v) is 13.7. The van der Waals surface area contributed by atoms with Crippen molar-refractivity contribution in [2.45, 2.75) is 18.0 Å². The minimum absolute atomic E-state index is 0.00506. The number of fused-ring (bicyclic) bond motifs is 1. The molecule has 0 saturated heterocycles. The van der Waals surface area contributed by atoms with Gasteiger partial charge in [-0.05, 0) is 23.6 Å². The summed E-state index contributed by atoms with van der Waals surface area (Å²) in [6, 6.07) is 15.9. The first-order chi connectivity index (χ1) is 11.2. The predicted molar refractivity (Wildman–Crippen MR) is 91.6 cm³/mol. The Morgan fingerprint density at radius 2 is 1.96 bits per heavy atom. The third kappa shape index (κ3) is 3.90. The molecule has 5 nitrogen and oxygen atoms in total. The summed E-state index contributed by atoms with van der Waals surface area (Å²) in [5.74, 6) is 0.626. The molecule has 0 unspecified atom stereocenters. The van der Waals surface area contributed by atoms with Crippen molar-refractivity contribution in [1.82, 2.24) is 19.9 Å². The monoisotopic (exact) mass is 326 g/mol. The highest BCUT2D eigenvalue weighted by Gasteiger charge is 2.10. The summed E-state index contributed by atoms with van der Waals surface area (Å²) in [5, 5.41) is 11.9. The number of hydrogen-bond acceptors (Lipinski definition) is 4. The van der Waals surface area contributed by atoms with E-state index >= 15 is 0 Å². The van der Waals surface area contributed by atoms with Crippen LogP contribution in [0.15, 0.2) is 59.9 Å². The topological polar surface area (TPSA) is 59.3 Å². The summed E-state index contributed by atoms with van der Waals surface area (Å²) < 4.78 is 1.88. The van der Waals surface area contributed by atoms with Crippen LogP contribution in [0, 0.1) is 0 Å². The number of benzene rings is 1. The Kier molecular flexibility index (Phi) is 4.92. The molecule has 0 aliphatic carbocycles. The summed E-state index contributed by atoms with van der Waals surface area (Å²) >= 11 is 1.39. The number of pyridine rings is 1. The van der Waals surface area contributed by atoms with Gasteiger partial charge in [0.1, 0.15) is 0 Å². The van der Waals surface area contributed by atoms with Crippen molar-refractivity contribution >= 4 is 23.3 Å². The van der Waals surface area contributed by atoms with E-state index in [0.29, 0.717) is 18.2 Å². The van der Waals surface area contributed by atoms with Crippen molar-refractivity contribution in [3.8, 4) is 0 Å². The van der Waals surface area contributed by atoms with Gasteiger partial charge >= 0.3 is 0 Å². The Bertz CT molecular complexity index is 787. The van der Waals surface area contributed by atoms with E-state index in [2.05, 4.69) is 34.6 Å². The van der Waals surface area contributed by atoms with Crippen molar-refractivity contribution in [3.05, 3.63) is 60.3 Å². The van der Waals surface area contributed by atoms with E-state index in [-0.39, 0.29) is 5.91 Å². The molecule has 0 fully saturated rings. The van der Waals surface area contributed by atoms with Crippen molar-refractivity contribution < 1.29 is 4.79 Å². The molecule has 1 N–H and O–H groups in total. The van der Waals surface area contributed by atoms with Crippen molar-refractivity contribution in [2.24, 2.45) is 0 Å². The lowest BCUT2D eigenvalue weighted by Crippen LogP contribution is -2.29. The number of carbonyl (C=O) groups is 1. The molecule has 23 heavy (non-hydrogen) atoms. The van der Waals surface area contributed by atoms with Crippen LogP contribution in [-0.4, -0.2) is 32.8 Å². The highest BCUT2D eigenvalue weighted by Crippen LogP contribution is 2.17. The van der Waals surface area contributed by atoms with Gasteiger partial charge in [0.2, 0.25) is 5.91 Å². The van der Waals surface area contributed by atoms with E-state index in [0.717, 1.165) is 10.8 Å². The van der Waals surface area contributed by atoms with E-state index in [1.54, 1.807) is 0 Å². The third-order valence-corrected chi connectivity index (χ3v) is 4.53. The zero-order valence-electron chi connectivity index (χ0n) is 12.8. The lowest BCUT2D eigenvalue weighted by Gasteiger charge is -2.12. The van der Waals surface area contributed by atoms with Crippen LogP contribution in [0.3, 0.4) is 0 Å². The lowest BCUT2D eigenvalue weighted by atomic mass is 10.0. The summed E-state index contributed by atoms with van der Waals surface area (Å²) in [6.45, 7) is 2.73. The van der Waals surface area contributed by atoms with Gasteiger partial charge in [0.15, 0.2) is 10.8 Å². The Labute approximate surface area is 139 Å². The largest absolute Gasteiger partial charge is 0.355 e. The number of nitrogens with zero attached hydrogens (tertiary/aromatic N) is 3. The molecule has 118 valence electrons. The number of carbonyl (C=O) groups excluding carboxylic acids is 1. The van der Waals surface area contributed by atoms with Gasteiger partial charge < -0.3 is 5.32 Å². The first-order valence-electron chi connectivity index (χ1n) is 7.48. The standard InChI is InChI=1S/C17H18N4OS/c1-13(14-7-3-2-4-8-14)11-18-16(22)12-23-17-20-19-15-9-5-6-10-21(15)17/h2-10,13H,11-12H2,1H3,(H,18,22)/t13-/m1/s1. The Balaban J connectivity index is 1.50. The summed E-state index contributed by atoms with van der Waals surface area (Å²) in [5.41, 5.74) is 2.01. The maximum Gasteiger partial charge on any atom is 0.230 e. The van der Waals surface area contributed by atoms with Gasteiger partial charge in [-0.1, -0.05) is 55.1 Å². The first kappa shape index (κ1) is 15.6. The molecule has 2 heterocycles. The maximum atomic E-state index is 12.0. The molecule has 1 atom stereocenters. The molecule has 6 heteroatoms. The number of nitrogens with one attached hydrogen (secondary N) is 1. The molecule has 0 aliphatic heterocycles. The van der Waals surface area contributed by atoms with Gasteiger partial charge in [-0.15, -0.1) is 10.2 Å². The van der Waals surface area contributed by atoms with Crippen LogP contribution < -0.4 is 5.32 Å². The smallest absolute Gasteiger partial charge is 0.230 e. The van der Waals surface area contributed by atoms with Crippen LogP contribution >= 0.6 is 11.8 Å². The van der Waals surface area contributed by atoms with E-state index in [9.17, 15) is 4.79 Å². The molecule has 0 saturated carbocycles. The third-order valence-electron chi connectivity index (χ3n) is 3.59. The van der Waals surface area contributed by atoms with E-state index in [1.165, 1.54) is 17.3 Å². The fourth-order valence-electron chi connectivity index (χ4n) is 2.27. The second kappa shape index (κ2) is 7.28.